The van der Waals surface area contributed by atoms with Crippen LogP contribution in [-0.4, -0.2) is 16.6 Å². The van der Waals surface area contributed by atoms with Crippen LogP contribution in [0.3, 0.4) is 0 Å². The second-order valence-electron chi connectivity index (χ2n) is 6.33. The van der Waals surface area contributed by atoms with Gasteiger partial charge in [0.25, 0.3) is 0 Å². The molecule has 2 aromatic carbocycles. The van der Waals surface area contributed by atoms with Crippen LogP contribution in [0.4, 0.5) is 4.39 Å². The first-order valence-corrected chi connectivity index (χ1v) is 9.07. The Morgan fingerprint density at radius 2 is 2.04 bits per heavy atom. The Bertz CT molecular complexity index is 1080. The highest BCUT2D eigenvalue weighted by atomic mass is 35.5. The van der Waals surface area contributed by atoms with E-state index >= 15 is 0 Å². The first-order valence-electron chi connectivity index (χ1n) is 8.70. The normalized spacial score (nSPS) is 14.0. The second kappa shape index (κ2) is 7.55. The Hall–Kier alpha value is -2.63. The van der Waals surface area contributed by atoms with Crippen molar-refractivity contribution in [1.82, 2.24) is 4.98 Å². The van der Waals surface area contributed by atoms with Gasteiger partial charge in [-0.15, -0.1) is 0 Å². The maximum absolute atomic E-state index is 14.5. The van der Waals surface area contributed by atoms with Crippen molar-refractivity contribution in [2.45, 2.75) is 19.1 Å². The molecule has 4 rings (SSSR count). The third kappa shape index (κ3) is 3.48. The molecule has 1 aromatic heterocycles. The molecule has 3 aromatic rings. The van der Waals surface area contributed by atoms with E-state index in [0.717, 1.165) is 17.2 Å². The fourth-order valence-corrected chi connectivity index (χ4v) is 3.51. The Labute approximate surface area is 160 Å². The molecule has 27 heavy (non-hydrogen) atoms. The standard InChI is InChI=1S/C21H18ClFN2O2/c22-19-17(27-12-13-5-2-1-3-6-13)9-8-16(23)18(19)20(26)15-11-25-21-14(15)7-4-10-24-21/h1-3,5-9,11,20,26H,4,10,12H2,(H,24,25). The van der Waals surface area contributed by atoms with E-state index in [1.807, 2.05) is 36.4 Å². The van der Waals surface area contributed by atoms with E-state index in [2.05, 4.69) is 9.98 Å². The highest BCUT2D eigenvalue weighted by molar-refractivity contribution is 6.33. The van der Waals surface area contributed by atoms with Crippen LogP contribution < -0.4 is 15.4 Å². The lowest BCUT2D eigenvalue weighted by Crippen LogP contribution is -2.30. The molecule has 2 heterocycles. The van der Waals surface area contributed by atoms with Gasteiger partial charge in [0.2, 0.25) is 0 Å². The maximum atomic E-state index is 14.5. The number of halogens is 2. The zero-order valence-corrected chi connectivity index (χ0v) is 15.2. The number of aromatic amines is 1. The zero-order chi connectivity index (χ0) is 18.8. The van der Waals surface area contributed by atoms with Gasteiger partial charge in [-0.3, -0.25) is 4.99 Å². The van der Waals surface area contributed by atoms with Crippen molar-refractivity contribution >= 4 is 17.7 Å². The third-order valence-electron chi connectivity index (χ3n) is 4.57. The molecule has 0 bridgehead atoms. The van der Waals surface area contributed by atoms with Gasteiger partial charge < -0.3 is 14.8 Å². The Balaban J connectivity index is 1.68. The van der Waals surface area contributed by atoms with Gasteiger partial charge in [0.05, 0.1) is 5.02 Å². The Morgan fingerprint density at radius 3 is 2.85 bits per heavy atom. The number of aliphatic hydroxyl groups excluding tert-OH is 1. The summed E-state index contributed by atoms with van der Waals surface area (Å²) in [6.07, 6.45) is 3.19. The molecule has 1 atom stereocenters. The number of fused-ring (bicyclic) bond motifs is 1. The van der Waals surface area contributed by atoms with Crippen molar-refractivity contribution in [2.75, 3.05) is 6.54 Å². The summed E-state index contributed by atoms with van der Waals surface area (Å²) in [5.41, 5.74) is 2.22. The number of nitrogens with one attached hydrogen (secondary N) is 1. The van der Waals surface area contributed by atoms with Gasteiger partial charge in [0.1, 0.15) is 29.8 Å². The zero-order valence-electron chi connectivity index (χ0n) is 14.5. The number of benzene rings is 2. The molecule has 0 aliphatic carbocycles. The monoisotopic (exact) mass is 384 g/mol. The molecule has 1 aliphatic heterocycles. The molecule has 4 nitrogen and oxygen atoms in total. The SMILES string of the molecule is OC(c1c(F)ccc(OCc2ccccc2)c1Cl)c1c[nH]c2c1=CCCN=2. The summed E-state index contributed by atoms with van der Waals surface area (Å²) in [6.45, 7) is 0.995. The summed E-state index contributed by atoms with van der Waals surface area (Å²) in [5.74, 6) is -0.253. The quantitative estimate of drug-likeness (QED) is 0.709. The molecule has 1 aliphatic rings. The van der Waals surface area contributed by atoms with Gasteiger partial charge in [-0.1, -0.05) is 48.0 Å². The molecule has 0 radical (unpaired) electrons. The second-order valence-corrected chi connectivity index (χ2v) is 6.71. The number of aliphatic hydroxyl groups is 1. The minimum atomic E-state index is -1.22. The van der Waals surface area contributed by atoms with Crippen molar-refractivity contribution in [2.24, 2.45) is 4.99 Å². The predicted octanol–water partition coefficient (Wildman–Crippen LogP) is 3.27. The van der Waals surface area contributed by atoms with E-state index in [1.54, 1.807) is 6.20 Å². The van der Waals surface area contributed by atoms with Gasteiger partial charge >= 0.3 is 0 Å². The third-order valence-corrected chi connectivity index (χ3v) is 4.96. The smallest absolute Gasteiger partial charge is 0.139 e. The van der Waals surface area contributed by atoms with Crippen LogP contribution >= 0.6 is 11.6 Å². The number of nitrogens with zero attached hydrogens (tertiary/aromatic N) is 1. The highest BCUT2D eigenvalue weighted by Crippen LogP contribution is 2.36. The molecule has 0 fully saturated rings. The molecular weight excluding hydrogens is 367 g/mol. The van der Waals surface area contributed by atoms with Crippen molar-refractivity contribution in [3.63, 3.8) is 0 Å². The number of ether oxygens (including phenoxy) is 1. The van der Waals surface area contributed by atoms with Gasteiger partial charge in [0, 0.05) is 29.1 Å². The number of aromatic nitrogens is 1. The van der Waals surface area contributed by atoms with Crippen LogP contribution in [0.15, 0.2) is 53.7 Å². The molecular formula is C21H18ClFN2O2. The van der Waals surface area contributed by atoms with Crippen LogP contribution in [-0.2, 0) is 6.61 Å². The first kappa shape index (κ1) is 17.8. The van der Waals surface area contributed by atoms with Crippen molar-refractivity contribution < 1.29 is 14.2 Å². The largest absolute Gasteiger partial charge is 0.487 e. The van der Waals surface area contributed by atoms with Gasteiger partial charge in [-0.05, 0) is 24.1 Å². The summed E-state index contributed by atoms with van der Waals surface area (Å²) in [6, 6.07) is 12.3. The Morgan fingerprint density at radius 1 is 1.22 bits per heavy atom. The molecule has 6 heteroatoms. The molecule has 138 valence electrons. The topological polar surface area (TPSA) is 57.6 Å². The van der Waals surface area contributed by atoms with E-state index < -0.39 is 11.9 Å². The number of H-pyrrole nitrogens is 1. The minimum Gasteiger partial charge on any atom is -0.487 e. The fraction of sp³-hybridized carbons (Fsp3) is 0.190. The van der Waals surface area contributed by atoms with Crippen molar-refractivity contribution in [1.29, 1.82) is 0 Å². The highest BCUT2D eigenvalue weighted by Gasteiger charge is 2.24. The molecule has 0 saturated carbocycles. The average Bonchev–Trinajstić information content (AvgIpc) is 3.12. The molecule has 0 spiro atoms. The first-order chi connectivity index (χ1) is 13.1. The summed E-state index contributed by atoms with van der Waals surface area (Å²) >= 11 is 6.41. The Kier molecular flexibility index (Phi) is 4.97. The predicted molar refractivity (Wildman–Crippen MR) is 102 cm³/mol. The van der Waals surface area contributed by atoms with Gasteiger partial charge in [-0.2, -0.15) is 0 Å². The van der Waals surface area contributed by atoms with E-state index in [4.69, 9.17) is 16.3 Å². The van der Waals surface area contributed by atoms with E-state index in [-0.39, 0.29) is 10.6 Å². The summed E-state index contributed by atoms with van der Waals surface area (Å²) in [5, 5.41) is 11.7. The maximum Gasteiger partial charge on any atom is 0.139 e. The number of hydrogen-bond acceptors (Lipinski definition) is 3. The van der Waals surface area contributed by atoms with Gasteiger partial charge in [-0.25, -0.2) is 4.39 Å². The fourth-order valence-electron chi connectivity index (χ4n) is 3.20. The molecule has 1 unspecified atom stereocenters. The summed E-state index contributed by atoms with van der Waals surface area (Å²) in [7, 11) is 0. The molecule has 0 saturated heterocycles. The van der Waals surface area contributed by atoms with Crippen LogP contribution in [0, 0.1) is 5.82 Å². The van der Waals surface area contributed by atoms with Crippen molar-refractivity contribution in [3.05, 3.63) is 86.9 Å². The summed E-state index contributed by atoms with van der Waals surface area (Å²) < 4.78 is 20.3. The summed E-state index contributed by atoms with van der Waals surface area (Å²) in [4.78, 5) is 7.39. The minimum absolute atomic E-state index is 0.00278. The van der Waals surface area contributed by atoms with Gasteiger partial charge in [0.15, 0.2) is 0 Å². The van der Waals surface area contributed by atoms with E-state index in [9.17, 15) is 9.50 Å². The molecule has 2 N–H and O–H groups in total. The average molecular weight is 385 g/mol. The molecule has 0 amide bonds. The van der Waals surface area contributed by atoms with Crippen LogP contribution in [0.2, 0.25) is 5.02 Å². The van der Waals surface area contributed by atoms with E-state index in [1.165, 1.54) is 12.1 Å². The lowest BCUT2D eigenvalue weighted by molar-refractivity contribution is 0.213. The van der Waals surface area contributed by atoms with Crippen molar-refractivity contribution in [3.8, 4) is 5.75 Å². The van der Waals surface area contributed by atoms with Crippen LogP contribution in [0.1, 0.15) is 29.2 Å². The van der Waals surface area contributed by atoms with Crippen LogP contribution in [0.5, 0.6) is 5.75 Å². The van der Waals surface area contributed by atoms with E-state index in [0.29, 0.717) is 30.0 Å². The number of rotatable bonds is 5. The lowest BCUT2D eigenvalue weighted by Gasteiger charge is -2.16. The number of hydrogen-bond donors (Lipinski definition) is 2. The van der Waals surface area contributed by atoms with Crippen LogP contribution in [0.25, 0.3) is 6.08 Å². The lowest BCUT2D eigenvalue weighted by atomic mass is 10.0.